The molecular formula is C22H20ClNO5S2. The van der Waals surface area contributed by atoms with E-state index in [0.29, 0.717) is 50.0 Å². The molecule has 1 aliphatic heterocycles. The van der Waals surface area contributed by atoms with Gasteiger partial charge in [-0.3, -0.25) is 9.69 Å². The van der Waals surface area contributed by atoms with Crippen LogP contribution in [0.2, 0.25) is 5.02 Å². The van der Waals surface area contributed by atoms with E-state index < -0.39 is 12.1 Å². The molecule has 1 heterocycles. The molecule has 0 aliphatic carbocycles. The highest BCUT2D eigenvalue weighted by Crippen LogP contribution is 2.38. The molecule has 0 radical (unpaired) electrons. The Morgan fingerprint density at radius 3 is 2.68 bits per heavy atom. The third-order valence-electron chi connectivity index (χ3n) is 4.34. The number of thioether (sulfide) groups is 1. The number of anilines is 1. The van der Waals surface area contributed by atoms with Crippen LogP contribution in [0.1, 0.15) is 25.8 Å². The van der Waals surface area contributed by atoms with E-state index in [4.69, 9.17) is 33.3 Å². The number of ether oxygens (including phenoxy) is 2. The summed E-state index contributed by atoms with van der Waals surface area (Å²) in [7, 11) is 0. The van der Waals surface area contributed by atoms with Crippen LogP contribution in [0.25, 0.3) is 6.08 Å². The fourth-order valence-electron chi connectivity index (χ4n) is 2.90. The van der Waals surface area contributed by atoms with Crippen LogP contribution >= 0.6 is 35.6 Å². The van der Waals surface area contributed by atoms with Crippen molar-refractivity contribution in [1.29, 1.82) is 0 Å². The summed E-state index contributed by atoms with van der Waals surface area (Å²) in [5.74, 6) is -0.549. The zero-order valence-corrected chi connectivity index (χ0v) is 19.2. The number of rotatable bonds is 8. The molecule has 1 saturated heterocycles. The van der Waals surface area contributed by atoms with Gasteiger partial charge in [0.25, 0.3) is 5.91 Å². The quantitative estimate of drug-likeness (QED) is 0.403. The first-order valence-electron chi connectivity index (χ1n) is 9.53. The maximum absolute atomic E-state index is 13.0. The van der Waals surface area contributed by atoms with E-state index in [-0.39, 0.29) is 5.91 Å². The van der Waals surface area contributed by atoms with E-state index in [1.54, 1.807) is 55.5 Å². The molecular weight excluding hydrogens is 458 g/mol. The lowest BCUT2D eigenvalue weighted by atomic mass is 10.1. The van der Waals surface area contributed by atoms with Gasteiger partial charge in [0.1, 0.15) is 0 Å². The van der Waals surface area contributed by atoms with Crippen LogP contribution in [0.3, 0.4) is 0 Å². The predicted molar refractivity (Wildman–Crippen MR) is 127 cm³/mol. The molecule has 0 saturated carbocycles. The van der Waals surface area contributed by atoms with Crippen LogP contribution < -0.4 is 14.4 Å². The van der Waals surface area contributed by atoms with Gasteiger partial charge in [-0.05, 0) is 55.3 Å². The lowest BCUT2D eigenvalue weighted by Gasteiger charge is -2.17. The zero-order valence-electron chi connectivity index (χ0n) is 16.8. The molecule has 1 N–H and O–H groups in total. The second-order valence-electron chi connectivity index (χ2n) is 6.49. The minimum absolute atomic E-state index is 0.243. The molecule has 162 valence electrons. The van der Waals surface area contributed by atoms with Crippen molar-refractivity contribution in [1.82, 2.24) is 0 Å². The van der Waals surface area contributed by atoms with E-state index in [0.717, 1.165) is 0 Å². The van der Waals surface area contributed by atoms with E-state index in [9.17, 15) is 14.7 Å². The SMILES string of the molecule is CCOc1cc(/C=C2/SC(=S)N(c3cccc(Cl)c3)C2=O)ccc1OC(CC)C(=O)O. The molecule has 2 aromatic rings. The molecule has 1 aliphatic rings. The van der Waals surface area contributed by atoms with Crippen molar-refractivity contribution in [2.45, 2.75) is 26.4 Å². The van der Waals surface area contributed by atoms with Crippen molar-refractivity contribution < 1.29 is 24.2 Å². The fourth-order valence-corrected chi connectivity index (χ4v) is 4.38. The average molecular weight is 478 g/mol. The molecule has 0 spiro atoms. The van der Waals surface area contributed by atoms with Gasteiger partial charge in [0.2, 0.25) is 0 Å². The molecule has 1 atom stereocenters. The zero-order chi connectivity index (χ0) is 22.5. The normalized spacial score (nSPS) is 16.0. The van der Waals surface area contributed by atoms with Crippen LogP contribution in [-0.2, 0) is 9.59 Å². The second-order valence-corrected chi connectivity index (χ2v) is 8.60. The van der Waals surface area contributed by atoms with E-state index in [1.165, 1.54) is 16.7 Å². The largest absolute Gasteiger partial charge is 0.490 e. The number of thiocarbonyl (C=S) groups is 1. The summed E-state index contributed by atoms with van der Waals surface area (Å²) < 4.78 is 11.6. The Morgan fingerprint density at radius 1 is 1.26 bits per heavy atom. The van der Waals surface area contributed by atoms with Crippen molar-refractivity contribution in [3.05, 3.63) is 58.0 Å². The first-order chi connectivity index (χ1) is 14.8. The van der Waals surface area contributed by atoms with E-state index in [1.807, 2.05) is 6.92 Å². The van der Waals surface area contributed by atoms with Crippen molar-refractivity contribution >= 4 is 63.5 Å². The molecule has 0 bridgehead atoms. The van der Waals surface area contributed by atoms with Gasteiger partial charge in [0.05, 0.1) is 17.2 Å². The Morgan fingerprint density at radius 2 is 2.03 bits per heavy atom. The summed E-state index contributed by atoms with van der Waals surface area (Å²) in [4.78, 5) is 26.1. The van der Waals surface area contributed by atoms with Crippen LogP contribution in [0.5, 0.6) is 11.5 Å². The number of halogens is 1. The van der Waals surface area contributed by atoms with Gasteiger partial charge >= 0.3 is 5.97 Å². The molecule has 6 nitrogen and oxygen atoms in total. The molecule has 1 amide bonds. The summed E-state index contributed by atoms with van der Waals surface area (Å²) in [6.45, 7) is 3.93. The third-order valence-corrected chi connectivity index (χ3v) is 5.88. The first-order valence-corrected chi connectivity index (χ1v) is 11.1. The number of amides is 1. The van der Waals surface area contributed by atoms with Gasteiger partial charge in [0.15, 0.2) is 21.9 Å². The predicted octanol–water partition coefficient (Wildman–Crippen LogP) is 5.39. The summed E-state index contributed by atoms with van der Waals surface area (Å²) in [6.07, 6.45) is 1.05. The number of carboxylic acid groups (broad SMARTS) is 1. The lowest BCUT2D eigenvalue weighted by Crippen LogP contribution is -2.27. The van der Waals surface area contributed by atoms with Gasteiger partial charge in [0, 0.05) is 5.02 Å². The molecule has 9 heteroatoms. The highest BCUT2D eigenvalue weighted by atomic mass is 35.5. The Bertz CT molecular complexity index is 1060. The van der Waals surface area contributed by atoms with Crippen molar-refractivity contribution in [2.75, 3.05) is 11.5 Å². The first kappa shape index (κ1) is 23.1. The van der Waals surface area contributed by atoms with Gasteiger partial charge < -0.3 is 14.6 Å². The maximum Gasteiger partial charge on any atom is 0.344 e. The summed E-state index contributed by atoms with van der Waals surface area (Å²) in [5.41, 5.74) is 1.31. The number of carbonyl (C=O) groups excluding carboxylic acids is 1. The van der Waals surface area contributed by atoms with E-state index in [2.05, 4.69) is 0 Å². The Kier molecular flexibility index (Phi) is 7.59. The number of carbonyl (C=O) groups is 2. The molecule has 3 rings (SSSR count). The second kappa shape index (κ2) is 10.2. The van der Waals surface area contributed by atoms with Crippen LogP contribution in [0.15, 0.2) is 47.4 Å². The number of hydrogen-bond acceptors (Lipinski definition) is 6. The minimum atomic E-state index is -1.04. The van der Waals surface area contributed by atoms with Gasteiger partial charge in [-0.15, -0.1) is 0 Å². The Hall–Kier alpha value is -2.55. The van der Waals surface area contributed by atoms with Crippen molar-refractivity contribution in [3.8, 4) is 11.5 Å². The molecule has 31 heavy (non-hydrogen) atoms. The van der Waals surface area contributed by atoms with Gasteiger partial charge in [-0.25, -0.2) is 4.79 Å². The van der Waals surface area contributed by atoms with Gasteiger partial charge in [-0.2, -0.15) is 0 Å². The maximum atomic E-state index is 13.0. The van der Waals surface area contributed by atoms with Crippen molar-refractivity contribution in [3.63, 3.8) is 0 Å². The molecule has 1 fully saturated rings. The third kappa shape index (κ3) is 5.39. The molecule has 2 aromatic carbocycles. The molecule has 0 aromatic heterocycles. The van der Waals surface area contributed by atoms with Crippen LogP contribution in [0.4, 0.5) is 5.69 Å². The topological polar surface area (TPSA) is 76.1 Å². The number of carboxylic acids is 1. The lowest BCUT2D eigenvalue weighted by molar-refractivity contribution is -0.145. The highest BCUT2D eigenvalue weighted by molar-refractivity contribution is 8.27. The highest BCUT2D eigenvalue weighted by Gasteiger charge is 2.33. The van der Waals surface area contributed by atoms with E-state index >= 15 is 0 Å². The fraction of sp³-hybridized carbons (Fsp3) is 0.227. The summed E-state index contributed by atoms with van der Waals surface area (Å²) in [5, 5.41) is 9.76. The standard InChI is InChI=1S/C22H20ClNO5S2/c1-3-16(21(26)27)29-17-9-8-13(10-18(17)28-4-2)11-19-20(25)24(22(30)31-19)15-7-5-6-14(23)12-15/h5-12,16H,3-4H2,1-2H3,(H,26,27)/b19-11+. The summed E-state index contributed by atoms with van der Waals surface area (Å²) >= 11 is 12.6. The number of aliphatic carboxylic acids is 1. The summed E-state index contributed by atoms with van der Waals surface area (Å²) in [6, 6.07) is 12.0. The van der Waals surface area contributed by atoms with Gasteiger partial charge in [-0.1, -0.05) is 54.6 Å². The van der Waals surface area contributed by atoms with Crippen LogP contribution in [0, 0.1) is 0 Å². The Balaban J connectivity index is 1.89. The monoisotopic (exact) mass is 477 g/mol. The Labute approximate surface area is 194 Å². The minimum Gasteiger partial charge on any atom is -0.490 e. The number of benzene rings is 2. The van der Waals surface area contributed by atoms with Crippen LogP contribution in [-0.4, -0.2) is 34.0 Å². The molecule has 1 unspecified atom stereocenters. The van der Waals surface area contributed by atoms with Crippen molar-refractivity contribution in [2.24, 2.45) is 0 Å². The smallest absolute Gasteiger partial charge is 0.344 e. The average Bonchev–Trinajstić information content (AvgIpc) is 3.00. The number of nitrogens with zero attached hydrogens (tertiary/aromatic N) is 1. The number of hydrogen-bond donors (Lipinski definition) is 1.